The number of hydrogen-bond donors (Lipinski definition) is 1. The minimum atomic E-state index is 1.04. The van der Waals surface area contributed by atoms with Gasteiger partial charge < -0.3 is 5.32 Å². The summed E-state index contributed by atoms with van der Waals surface area (Å²) in [5, 5.41) is 7.87. The van der Waals surface area contributed by atoms with E-state index in [0.29, 0.717) is 0 Å². The molecule has 0 amide bonds. The Kier molecular flexibility index (Phi) is 9.34. The summed E-state index contributed by atoms with van der Waals surface area (Å²) in [6.07, 6.45) is 11.2. The highest BCUT2D eigenvalue weighted by atomic mass is 32.1. The van der Waals surface area contributed by atoms with Crippen molar-refractivity contribution in [3.8, 4) is 0 Å². The molecule has 1 heterocycles. The van der Waals surface area contributed by atoms with Gasteiger partial charge in [-0.1, -0.05) is 51.9 Å². The summed E-state index contributed by atoms with van der Waals surface area (Å²) in [5.74, 6) is 0. The van der Waals surface area contributed by atoms with E-state index in [-0.39, 0.29) is 0 Å². The predicted molar refractivity (Wildman–Crippen MR) is 78.6 cm³/mol. The van der Waals surface area contributed by atoms with Gasteiger partial charge in [-0.05, 0) is 35.4 Å². The zero-order valence-electron chi connectivity index (χ0n) is 11.2. The average Bonchev–Trinajstić information content (AvgIpc) is 2.85. The molecule has 0 atom stereocenters. The summed E-state index contributed by atoms with van der Waals surface area (Å²) in [6, 6.07) is 2.20. The number of nitrogens with one attached hydrogen (secondary N) is 1. The van der Waals surface area contributed by atoms with E-state index in [0.717, 1.165) is 6.54 Å². The van der Waals surface area contributed by atoms with Crippen molar-refractivity contribution >= 4 is 11.3 Å². The van der Waals surface area contributed by atoms with Gasteiger partial charge in [0.05, 0.1) is 0 Å². The second-order valence-corrected chi connectivity index (χ2v) is 5.56. The van der Waals surface area contributed by atoms with Crippen molar-refractivity contribution in [2.45, 2.75) is 64.8 Å². The summed E-state index contributed by atoms with van der Waals surface area (Å²) in [5.41, 5.74) is 1.43. The normalized spacial score (nSPS) is 10.9. The SMILES string of the molecule is CCCCCCCCCCNCc1ccsc1. The summed E-state index contributed by atoms with van der Waals surface area (Å²) in [6.45, 7) is 4.49. The minimum absolute atomic E-state index is 1.04. The molecule has 0 unspecified atom stereocenters. The molecule has 0 aliphatic rings. The van der Waals surface area contributed by atoms with Crippen molar-refractivity contribution in [1.29, 1.82) is 0 Å². The van der Waals surface area contributed by atoms with Gasteiger partial charge in [-0.25, -0.2) is 0 Å². The Balaban J connectivity index is 1.76. The van der Waals surface area contributed by atoms with Crippen LogP contribution in [0.3, 0.4) is 0 Å². The predicted octanol–water partition coefficient (Wildman–Crippen LogP) is 4.98. The van der Waals surface area contributed by atoms with Gasteiger partial charge in [0.15, 0.2) is 0 Å². The number of unbranched alkanes of at least 4 members (excludes halogenated alkanes) is 7. The maximum Gasteiger partial charge on any atom is 0.0213 e. The zero-order valence-corrected chi connectivity index (χ0v) is 12.0. The maximum atomic E-state index is 3.51. The highest BCUT2D eigenvalue weighted by molar-refractivity contribution is 7.07. The monoisotopic (exact) mass is 253 g/mol. The van der Waals surface area contributed by atoms with Crippen LogP contribution in [0.2, 0.25) is 0 Å². The molecule has 1 nitrogen and oxygen atoms in total. The first-order valence-corrected chi connectivity index (χ1v) is 8.09. The van der Waals surface area contributed by atoms with Gasteiger partial charge in [0.1, 0.15) is 0 Å². The Morgan fingerprint density at radius 3 is 2.35 bits per heavy atom. The molecule has 0 radical (unpaired) electrons. The fraction of sp³-hybridized carbons (Fsp3) is 0.733. The van der Waals surface area contributed by atoms with Gasteiger partial charge >= 0.3 is 0 Å². The minimum Gasteiger partial charge on any atom is -0.313 e. The van der Waals surface area contributed by atoms with E-state index in [1.54, 1.807) is 11.3 Å². The number of thiophene rings is 1. The highest BCUT2D eigenvalue weighted by Gasteiger charge is 1.93. The molecule has 0 fully saturated rings. The standard InChI is InChI=1S/C15H27NS/c1-2-3-4-5-6-7-8-9-11-16-13-15-10-12-17-14-15/h10,12,14,16H,2-9,11,13H2,1H3. The lowest BCUT2D eigenvalue weighted by molar-refractivity contribution is 0.555. The summed E-state index contributed by atoms with van der Waals surface area (Å²) in [7, 11) is 0. The van der Waals surface area contributed by atoms with Gasteiger partial charge in [-0.2, -0.15) is 11.3 Å². The molecular weight excluding hydrogens is 226 g/mol. The van der Waals surface area contributed by atoms with E-state index in [2.05, 4.69) is 29.1 Å². The van der Waals surface area contributed by atoms with Crippen molar-refractivity contribution < 1.29 is 0 Å². The Labute approximate surface area is 111 Å². The Morgan fingerprint density at radius 2 is 1.71 bits per heavy atom. The molecule has 98 valence electrons. The summed E-state index contributed by atoms with van der Waals surface area (Å²) in [4.78, 5) is 0. The molecule has 0 aliphatic carbocycles. The largest absolute Gasteiger partial charge is 0.313 e. The smallest absolute Gasteiger partial charge is 0.0213 e. The number of rotatable bonds is 11. The molecular formula is C15H27NS. The van der Waals surface area contributed by atoms with Gasteiger partial charge in [0, 0.05) is 6.54 Å². The van der Waals surface area contributed by atoms with Crippen molar-refractivity contribution in [2.24, 2.45) is 0 Å². The molecule has 1 N–H and O–H groups in total. The topological polar surface area (TPSA) is 12.0 Å². The van der Waals surface area contributed by atoms with E-state index in [1.165, 1.54) is 63.5 Å². The summed E-state index contributed by atoms with van der Waals surface area (Å²) < 4.78 is 0. The molecule has 17 heavy (non-hydrogen) atoms. The van der Waals surface area contributed by atoms with Gasteiger partial charge in [-0.15, -0.1) is 0 Å². The van der Waals surface area contributed by atoms with Crippen LogP contribution in [-0.4, -0.2) is 6.54 Å². The zero-order chi connectivity index (χ0) is 12.2. The van der Waals surface area contributed by atoms with Crippen LogP contribution in [0.25, 0.3) is 0 Å². The fourth-order valence-corrected chi connectivity index (χ4v) is 2.68. The van der Waals surface area contributed by atoms with Crippen LogP contribution in [0, 0.1) is 0 Å². The molecule has 0 spiro atoms. The van der Waals surface area contributed by atoms with Crippen molar-refractivity contribution in [1.82, 2.24) is 5.32 Å². The summed E-state index contributed by atoms with van der Waals surface area (Å²) >= 11 is 1.78. The second-order valence-electron chi connectivity index (χ2n) is 4.78. The highest BCUT2D eigenvalue weighted by Crippen LogP contribution is 2.08. The van der Waals surface area contributed by atoms with Gasteiger partial charge in [0.2, 0.25) is 0 Å². The first-order valence-electron chi connectivity index (χ1n) is 7.15. The third kappa shape index (κ3) is 8.39. The maximum absolute atomic E-state index is 3.51. The van der Waals surface area contributed by atoms with Crippen LogP contribution in [0.5, 0.6) is 0 Å². The molecule has 0 bridgehead atoms. The molecule has 0 saturated heterocycles. The van der Waals surface area contributed by atoms with Crippen LogP contribution in [-0.2, 0) is 6.54 Å². The second kappa shape index (κ2) is 10.8. The van der Waals surface area contributed by atoms with E-state index in [1.807, 2.05) is 0 Å². The lowest BCUT2D eigenvalue weighted by atomic mass is 10.1. The third-order valence-electron chi connectivity index (χ3n) is 3.12. The van der Waals surface area contributed by atoms with Gasteiger partial charge in [0.25, 0.3) is 0 Å². The van der Waals surface area contributed by atoms with Crippen LogP contribution < -0.4 is 5.32 Å². The van der Waals surface area contributed by atoms with E-state index in [9.17, 15) is 0 Å². The lowest BCUT2D eigenvalue weighted by Crippen LogP contribution is -2.13. The molecule has 1 rings (SSSR count). The molecule has 0 saturated carbocycles. The van der Waals surface area contributed by atoms with E-state index < -0.39 is 0 Å². The van der Waals surface area contributed by atoms with E-state index >= 15 is 0 Å². The van der Waals surface area contributed by atoms with Crippen LogP contribution in [0.1, 0.15) is 63.9 Å². The van der Waals surface area contributed by atoms with E-state index in [4.69, 9.17) is 0 Å². The Bertz CT molecular complexity index is 243. The van der Waals surface area contributed by atoms with Gasteiger partial charge in [-0.3, -0.25) is 0 Å². The molecule has 1 aromatic heterocycles. The van der Waals surface area contributed by atoms with Crippen LogP contribution in [0.15, 0.2) is 16.8 Å². The molecule has 0 aliphatic heterocycles. The first kappa shape index (κ1) is 14.7. The van der Waals surface area contributed by atoms with Crippen molar-refractivity contribution in [3.05, 3.63) is 22.4 Å². The molecule has 2 heteroatoms. The Morgan fingerprint density at radius 1 is 1.00 bits per heavy atom. The quantitative estimate of drug-likeness (QED) is 0.548. The average molecular weight is 253 g/mol. The number of hydrogen-bond acceptors (Lipinski definition) is 2. The van der Waals surface area contributed by atoms with Crippen molar-refractivity contribution in [3.63, 3.8) is 0 Å². The third-order valence-corrected chi connectivity index (χ3v) is 3.85. The lowest BCUT2D eigenvalue weighted by Gasteiger charge is -2.03. The Hall–Kier alpha value is -0.340. The molecule has 1 aromatic rings. The first-order chi connectivity index (χ1) is 8.43. The molecule has 0 aromatic carbocycles. The van der Waals surface area contributed by atoms with Crippen LogP contribution >= 0.6 is 11.3 Å². The van der Waals surface area contributed by atoms with Crippen LogP contribution in [0.4, 0.5) is 0 Å². The fourth-order valence-electron chi connectivity index (χ4n) is 2.01. The van der Waals surface area contributed by atoms with Crippen molar-refractivity contribution in [2.75, 3.05) is 6.54 Å².